The number of Topliss-reactive ketones (excluding diaryl/α,β-unsaturated/α-hetero) is 1. The van der Waals surface area contributed by atoms with E-state index in [0.29, 0.717) is 40.3 Å². The van der Waals surface area contributed by atoms with E-state index in [2.05, 4.69) is 13.0 Å². The van der Waals surface area contributed by atoms with Gasteiger partial charge < -0.3 is 5.11 Å². The second-order valence-corrected chi connectivity index (χ2v) is 9.21. The van der Waals surface area contributed by atoms with E-state index in [1.807, 2.05) is 24.3 Å². The molecule has 1 saturated carbocycles. The molecule has 3 aliphatic rings. The predicted molar refractivity (Wildman–Crippen MR) is 121 cm³/mol. The third-order valence-corrected chi connectivity index (χ3v) is 7.24. The van der Waals surface area contributed by atoms with Crippen LogP contribution in [0.5, 0.6) is 0 Å². The van der Waals surface area contributed by atoms with E-state index in [1.54, 1.807) is 6.07 Å². The zero-order valence-corrected chi connectivity index (χ0v) is 18.2. The summed E-state index contributed by atoms with van der Waals surface area (Å²) in [6, 6.07) is 11.7. The van der Waals surface area contributed by atoms with Crippen molar-refractivity contribution in [2.24, 2.45) is 11.8 Å². The molecule has 0 spiro atoms. The first-order valence-corrected chi connectivity index (χ1v) is 11.3. The summed E-state index contributed by atoms with van der Waals surface area (Å²) in [5.74, 6) is 1.28. The summed E-state index contributed by atoms with van der Waals surface area (Å²) >= 11 is 12.3. The number of aliphatic hydroxyl groups is 1. The highest BCUT2D eigenvalue weighted by molar-refractivity contribution is 6.42. The van der Waals surface area contributed by atoms with Crippen molar-refractivity contribution in [3.8, 4) is 11.1 Å². The van der Waals surface area contributed by atoms with Crippen molar-refractivity contribution in [3.63, 3.8) is 0 Å². The standard InChI is InChI=1S/C25H26Cl2O2/c1-2-17-7-8-18(19-9-10-21(26)22(27)14-19)13-20(17)25-23(28)11-15-3-4-16(6-5-15)12-24(25)29/h7-10,13-16,28H,2-6,11-12H2,1H3/b25-23+/t15-,16+. The molecule has 0 unspecified atom stereocenters. The molecule has 0 radical (unpaired) electrons. The second-order valence-electron chi connectivity index (χ2n) is 8.39. The summed E-state index contributed by atoms with van der Waals surface area (Å²) in [7, 11) is 0. The van der Waals surface area contributed by atoms with Gasteiger partial charge in [0.25, 0.3) is 0 Å². The highest BCUT2D eigenvalue weighted by Crippen LogP contribution is 2.40. The smallest absolute Gasteiger partial charge is 0.167 e. The number of hydrogen-bond donors (Lipinski definition) is 1. The second kappa shape index (κ2) is 8.53. The zero-order chi connectivity index (χ0) is 20.5. The van der Waals surface area contributed by atoms with Gasteiger partial charge in [-0.3, -0.25) is 4.79 Å². The van der Waals surface area contributed by atoms with Gasteiger partial charge in [0.1, 0.15) is 5.76 Å². The van der Waals surface area contributed by atoms with Crippen molar-refractivity contribution >= 4 is 34.6 Å². The first-order valence-electron chi connectivity index (χ1n) is 10.5. The van der Waals surface area contributed by atoms with Crippen LogP contribution in [0.3, 0.4) is 0 Å². The first kappa shape index (κ1) is 20.5. The Hall–Kier alpha value is -1.77. The number of aryl methyl sites for hydroxylation is 1. The molecule has 0 aliphatic heterocycles. The fourth-order valence-corrected chi connectivity index (χ4v) is 5.12. The predicted octanol–water partition coefficient (Wildman–Crippen LogP) is 7.66. The van der Waals surface area contributed by atoms with Crippen LogP contribution in [0.4, 0.5) is 0 Å². The number of rotatable bonds is 3. The molecule has 29 heavy (non-hydrogen) atoms. The molecule has 2 nitrogen and oxygen atoms in total. The Bertz CT molecular complexity index is 969. The molecule has 0 aromatic heterocycles. The average molecular weight is 429 g/mol. The molecule has 0 saturated heterocycles. The molecule has 3 aliphatic carbocycles. The molecular formula is C25H26Cl2O2. The van der Waals surface area contributed by atoms with Crippen molar-refractivity contribution in [1.29, 1.82) is 0 Å². The fraction of sp³-hybridized carbons (Fsp3) is 0.400. The minimum atomic E-state index is 0.0797. The lowest BCUT2D eigenvalue weighted by Crippen LogP contribution is -2.15. The van der Waals surface area contributed by atoms with Gasteiger partial charge in [-0.15, -0.1) is 0 Å². The van der Waals surface area contributed by atoms with Gasteiger partial charge in [-0.1, -0.05) is 48.3 Å². The van der Waals surface area contributed by atoms with Gasteiger partial charge in [-0.25, -0.2) is 0 Å². The minimum Gasteiger partial charge on any atom is -0.512 e. The summed E-state index contributed by atoms with van der Waals surface area (Å²) in [5, 5.41) is 12.0. The number of carbonyl (C=O) groups excluding carboxylic acids is 1. The van der Waals surface area contributed by atoms with Crippen molar-refractivity contribution in [3.05, 3.63) is 63.3 Å². The van der Waals surface area contributed by atoms with Crippen molar-refractivity contribution in [2.75, 3.05) is 0 Å². The van der Waals surface area contributed by atoms with Crippen molar-refractivity contribution in [2.45, 2.75) is 51.9 Å². The van der Waals surface area contributed by atoms with Gasteiger partial charge in [-0.05, 0) is 84.4 Å². The number of halogens is 2. The SMILES string of the molecule is CCc1ccc(-c2ccc(Cl)c(Cl)c2)cc1/C1=C(\O)C[C@H]2CC[C@H](CC2)CC1=O. The summed E-state index contributed by atoms with van der Waals surface area (Å²) in [5.41, 5.74) is 4.38. The molecule has 2 aromatic rings. The molecule has 2 aromatic carbocycles. The van der Waals surface area contributed by atoms with E-state index in [9.17, 15) is 9.90 Å². The summed E-state index contributed by atoms with van der Waals surface area (Å²) < 4.78 is 0. The zero-order valence-electron chi connectivity index (χ0n) is 16.7. The quantitative estimate of drug-likeness (QED) is 0.544. The molecule has 1 N–H and O–H groups in total. The molecule has 5 rings (SSSR count). The molecule has 152 valence electrons. The Morgan fingerprint density at radius 2 is 1.52 bits per heavy atom. The molecule has 0 amide bonds. The van der Waals surface area contributed by atoms with E-state index in [-0.39, 0.29) is 11.5 Å². The maximum atomic E-state index is 13.3. The van der Waals surface area contributed by atoms with Crippen LogP contribution in [0.1, 0.15) is 56.6 Å². The maximum absolute atomic E-state index is 13.3. The number of fused-ring (bicyclic) bond motifs is 5. The number of aliphatic hydroxyl groups excluding tert-OH is 1. The van der Waals surface area contributed by atoms with E-state index in [1.165, 1.54) is 0 Å². The number of ketones is 1. The lowest BCUT2D eigenvalue weighted by Gasteiger charge is -2.26. The fourth-order valence-electron chi connectivity index (χ4n) is 4.82. The van der Waals surface area contributed by atoms with Gasteiger partial charge in [0.15, 0.2) is 5.78 Å². The number of benzene rings is 2. The van der Waals surface area contributed by atoms with Crippen LogP contribution < -0.4 is 0 Å². The van der Waals surface area contributed by atoms with Crippen LogP contribution in [0.2, 0.25) is 10.0 Å². The maximum Gasteiger partial charge on any atom is 0.167 e. The van der Waals surface area contributed by atoms with Crippen LogP contribution in [0, 0.1) is 11.8 Å². The molecule has 0 heterocycles. The minimum absolute atomic E-state index is 0.0797. The normalized spacial score (nSPS) is 24.9. The van der Waals surface area contributed by atoms with E-state index in [4.69, 9.17) is 23.2 Å². The van der Waals surface area contributed by atoms with Crippen LogP contribution >= 0.6 is 23.2 Å². The van der Waals surface area contributed by atoms with Crippen LogP contribution in [-0.2, 0) is 11.2 Å². The largest absolute Gasteiger partial charge is 0.512 e. The van der Waals surface area contributed by atoms with E-state index >= 15 is 0 Å². The lowest BCUT2D eigenvalue weighted by atomic mass is 9.79. The van der Waals surface area contributed by atoms with Crippen LogP contribution in [-0.4, -0.2) is 10.9 Å². The Balaban J connectivity index is 1.83. The summed E-state index contributed by atoms with van der Waals surface area (Å²) in [6.45, 7) is 2.08. The van der Waals surface area contributed by atoms with Gasteiger partial charge in [0.2, 0.25) is 0 Å². The Labute approximate surface area is 182 Å². The Morgan fingerprint density at radius 3 is 2.17 bits per heavy atom. The monoisotopic (exact) mass is 428 g/mol. The van der Waals surface area contributed by atoms with Crippen LogP contribution in [0.15, 0.2) is 42.2 Å². The Morgan fingerprint density at radius 1 is 0.897 bits per heavy atom. The highest BCUT2D eigenvalue weighted by atomic mass is 35.5. The Kier molecular flexibility index (Phi) is 6.03. The highest BCUT2D eigenvalue weighted by Gasteiger charge is 2.31. The first-order chi connectivity index (χ1) is 14.0. The number of carbonyl (C=O) groups is 1. The number of hydrogen-bond acceptors (Lipinski definition) is 2. The molecule has 4 heteroatoms. The van der Waals surface area contributed by atoms with Gasteiger partial charge in [0.05, 0.1) is 15.6 Å². The number of allylic oxidation sites excluding steroid dienone is 2. The van der Waals surface area contributed by atoms with Gasteiger partial charge in [0, 0.05) is 12.8 Å². The van der Waals surface area contributed by atoms with E-state index < -0.39 is 0 Å². The average Bonchev–Trinajstić information content (AvgIpc) is 2.80. The third-order valence-electron chi connectivity index (χ3n) is 6.50. The van der Waals surface area contributed by atoms with Gasteiger partial charge in [-0.2, -0.15) is 0 Å². The molecular weight excluding hydrogens is 403 g/mol. The van der Waals surface area contributed by atoms with Crippen molar-refractivity contribution < 1.29 is 9.90 Å². The molecule has 0 atom stereocenters. The molecule has 2 bridgehead atoms. The van der Waals surface area contributed by atoms with Gasteiger partial charge >= 0.3 is 0 Å². The van der Waals surface area contributed by atoms with Crippen molar-refractivity contribution in [1.82, 2.24) is 0 Å². The summed E-state index contributed by atoms with van der Waals surface area (Å²) in [4.78, 5) is 13.3. The van der Waals surface area contributed by atoms with E-state index in [0.717, 1.165) is 54.4 Å². The third kappa shape index (κ3) is 4.25. The molecule has 1 fully saturated rings. The summed E-state index contributed by atoms with van der Waals surface area (Å²) in [6.07, 6.45) is 6.36. The topological polar surface area (TPSA) is 37.3 Å². The van der Waals surface area contributed by atoms with Crippen LogP contribution in [0.25, 0.3) is 16.7 Å². The lowest BCUT2D eigenvalue weighted by molar-refractivity contribution is -0.114.